The van der Waals surface area contributed by atoms with Crippen molar-refractivity contribution in [1.82, 2.24) is 15.3 Å². The second kappa shape index (κ2) is 8.29. The van der Waals surface area contributed by atoms with Crippen molar-refractivity contribution in [3.05, 3.63) is 66.5 Å². The van der Waals surface area contributed by atoms with E-state index in [1.807, 2.05) is 37.4 Å². The Bertz CT molecular complexity index is 824. The van der Waals surface area contributed by atoms with Crippen molar-refractivity contribution >= 4 is 5.91 Å². The highest BCUT2D eigenvalue weighted by Gasteiger charge is 2.06. The molecule has 0 radical (unpaired) electrons. The number of benzene rings is 2. The van der Waals surface area contributed by atoms with Gasteiger partial charge in [0.1, 0.15) is 5.82 Å². The van der Waals surface area contributed by atoms with Crippen LogP contribution in [0, 0.1) is 0 Å². The lowest BCUT2D eigenvalue weighted by atomic mass is 10.0. The molecule has 4 heteroatoms. The second-order valence-corrected chi connectivity index (χ2v) is 6.05. The first kappa shape index (κ1) is 17.0. The first-order valence-corrected chi connectivity index (χ1v) is 8.72. The predicted molar refractivity (Wildman–Crippen MR) is 101 cm³/mol. The number of rotatable bonds is 7. The SMILES string of the molecule is CCCC(=O)NCCc1cnc(-c2cccc(-c3ccccc3)c2)[nH]1. The van der Waals surface area contributed by atoms with Gasteiger partial charge in [-0.05, 0) is 23.6 Å². The molecule has 0 saturated carbocycles. The minimum absolute atomic E-state index is 0.109. The van der Waals surface area contributed by atoms with Gasteiger partial charge in [-0.1, -0.05) is 55.5 Å². The van der Waals surface area contributed by atoms with Crippen molar-refractivity contribution < 1.29 is 4.79 Å². The largest absolute Gasteiger partial charge is 0.356 e. The van der Waals surface area contributed by atoms with Gasteiger partial charge in [0.25, 0.3) is 0 Å². The van der Waals surface area contributed by atoms with E-state index in [1.54, 1.807) is 0 Å². The molecule has 3 rings (SSSR count). The average Bonchev–Trinajstić information content (AvgIpc) is 3.12. The van der Waals surface area contributed by atoms with Crippen LogP contribution >= 0.6 is 0 Å². The number of aromatic nitrogens is 2. The fourth-order valence-corrected chi connectivity index (χ4v) is 2.76. The molecule has 0 aliphatic carbocycles. The maximum atomic E-state index is 11.5. The van der Waals surface area contributed by atoms with Gasteiger partial charge in [0, 0.05) is 36.8 Å². The molecule has 1 aromatic heterocycles. The zero-order chi connectivity index (χ0) is 17.5. The summed E-state index contributed by atoms with van der Waals surface area (Å²) in [6.45, 7) is 2.63. The number of carbonyl (C=O) groups excluding carboxylic acids is 1. The van der Waals surface area contributed by atoms with Crippen LogP contribution in [0.25, 0.3) is 22.5 Å². The normalized spacial score (nSPS) is 10.6. The summed E-state index contributed by atoms with van der Waals surface area (Å²) in [5, 5.41) is 2.92. The summed E-state index contributed by atoms with van der Waals surface area (Å²) in [7, 11) is 0. The lowest BCUT2D eigenvalue weighted by Gasteiger charge is -2.04. The fourth-order valence-electron chi connectivity index (χ4n) is 2.76. The molecule has 4 nitrogen and oxygen atoms in total. The summed E-state index contributed by atoms with van der Waals surface area (Å²) < 4.78 is 0. The molecule has 0 fully saturated rings. The van der Waals surface area contributed by atoms with E-state index >= 15 is 0 Å². The topological polar surface area (TPSA) is 57.8 Å². The predicted octanol–water partition coefficient (Wildman–Crippen LogP) is 4.20. The Balaban J connectivity index is 1.67. The Morgan fingerprint density at radius 3 is 2.60 bits per heavy atom. The van der Waals surface area contributed by atoms with Gasteiger partial charge >= 0.3 is 0 Å². The number of imidazole rings is 1. The van der Waals surface area contributed by atoms with Gasteiger partial charge in [-0.3, -0.25) is 4.79 Å². The van der Waals surface area contributed by atoms with Gasteiger partial charge in [-0.25, -0.2) is 4.98 Å². The lowest BCUT2D eigenvalue weighted by molar-refractivity contribution is -0.121. The number of amides is 1. The summed E-state index contributed by atoms with van der Waals surface area (Å²) in [4.78, 5) is 19.3. The lowest BCUT2D eigenvalue weighted by Crippen LogP contribution is -2.25. The highest BCUT2D eigenvalue weighted by molar-refractivity contribution is 5.75. The molecular formula is C21H23N3O. The molecule has 2 aromatic carbocycles. The molecular weight excluding hydrogens is 310 g/mol. The van der Waals surface area contributed by atoms with Crippen LogP contribution in [0.4, 0.5) is 0 Å². The van der Waals surface area contributed by atoms with Crippen LogP contribution in [-0.2, 0) is 11.2 Å². The maximum Gasteiger partial charge on any atom is 0.219 e. The molecule has 0 spiro atoms. The number of nitrogens with zero attached hydrogens (tertiary/aromatic N) is 1. The van der Waals surface area contributed by atoms with Crippen LogP contribution in [0.3, 0.4) is 0 Å². The quantitative estimate of drug-likeness (QED) is 0.681. The van der Waals surface area contributed by atoms with Crippen LogP contribution in [0.1, 0.15) is 25.5 Å². The second-order valence-electron chi connectivity index (χ2n) is 6.05. The smallest absolute Gasteiger partial charge is 0.219 e. The van der Waals surface area contributed by atoms with Gasteiger partial charge in [-0.2, -0.15) is 0 Å². The molecule has 25 heavy (non-hydrogen) atoms. The van der Waals surface area contributed by atoms with Crippen molar-refractivity contribution in [2.45, 2.75) is 26.2 Å². The van der Waals surface area contributed by atoms with E-state index in [9.17, 15) is 4.79 Å². The number of carbonyl (C=O) groups is 1. The van der Waals surface area contributed by atoms with E-state index < -0.39 is 0 Å². The van der Waals surface area contributed by atoms with Crippen LogP contribution in [0.15, 0.2) is 60.8 Å². The summed E-state index contributed by atoms with van der Waals surface area (Å²) >= 11 is 0. The summed E-state index contributed by atoms with van der Waals surface area (Å²) in [6.07, 6.45) is 4.05. The number of nitrogens with one attached hydrogen (secondary N) is 2. The first-order chi connectivity index (χ1) is 12.3. The van der Waals surface area contributed by atoms with Crippen molar-refractivity contribution in [3.63, 3.8) is 0 Å². The van der Waals surface area contributed by atoms with Gasteiger partial charge in [0.05, 0.1) is 0 Å². The highest BCUT2D eigenvalue weighted by atomic mass is 16.1. The Morgan fingerprint density at radius 1 is 1.04 bits per heavy atom. The third-order valence-electron chi connectivity index (χ3n) is 4.07. The molecule has 0 atom stereocenters. The first-order valence-electron chi connectivity index (χ1n) is 8.72. The third kappa shape index (κ3) is 4.57. The molecule has 128 valence electrons. The van der Waals surface area contributed by atoms with Crippen LogP contribution in [0.5, 0.6) is 0 Å². The fraction of sp³-hybridized carbons (Fsp3) is 0.238. The van der Waals surface area contributed by atoms with E-state index in [0.29, 0.717) is 13.0 Å². The van der Waals surface area contributed by atoms with Crippen LogP contribution in [-0.4, -0.2) is 22.4 Å². The highest BCUT2D eigenvalue weighted by Crippen LogP contribution is 2.24. The van der Waals surface area contributed by atoms with Crippen molar-refractivity contribution in [2.75, 3.05) is 6.54 Å². The molecule has 0 saturated heterocycles. The summed E-state index contributed by atoms with van der Waals surface area (Å²) in [5.41, 5.74) is 4.44. The standard InChI is InChI=1S/C21H23N3O/c1-2-7-20(25)22-13-12-19-15-23-21(24-19)18-11-6-10-17(14-18)16-8-4-3-5-9-16/h3-6,8-11,14-15H,2,7,12-13H2,1H3,(H,22,25)(H,23,24). The Morgan fingerprint density at radius 2 is 1.80 bits per heavy atom. The van der Waals surface area contributed by atoms with Crippen molar-refractivity contribution in [1.29, 1.82) is 0 Å². The molecule has 3 aromatic rings. The van der Waals surface area contributed by atoms with Gasteiger partial charge < -0.3 is 10.3 Å². The van der Waals surface area contributed by atoms with E-state index in [0.717, 1.165) is 29.9 Å². The van der Waals surface area contributed by atoms with Crippen molar-refractivity contribution in [2.24, 2.45) is 0 Å². The van der Waals surface area contributed by atoms with Gasteiger partial charge in [0.15, 0.2) is 0 Å². The van der Waals surface area contributed by atoms with Gasteiger partial charge in [0.2, 0.25) is 5.91 Å². The van der Waals surface area contributed by atoms with Crippen molar-refractivity contribution in [3.8, 4) is 22.5 Å². The zero-order valence-corrected chi connectivity index (χ0v) is 14.5. The number of hydrogen-bond donors (Lipinski definition) is 2. The van der Waals surface area contributed by atoms with E-state index in [1.165, 1.54) is 11.1 Å². The molecule has 2 N–H and O–H groups in total. The minimum atomic E-state index is 0.109. The Kier molecular flexibility index (Phi) is 5.62. The molecule has 0 aliphatic heterocycles. The van der Waals surface area contributed by atoms with Gasteiger partial charge in [-0.15, -0.1) is 0 Å². The van der Waals surface area contributed by atoms with E-state index in [4.69, 9.17) is 0 Å². The van der Waals surface area contributed by atoms with Crippen LogP contribution in [0.2, 0.25) is 0 Å². The minimum Gasteiger partial charge on any atom is -0.356 e. The summed E-state index contributed by atoms with van der Waals surface area (Å²) in [6, 6.07) is 18.7. The molecule has 0 aliphatic rings. The molecule has 1 heterocycles. The Hall–Kier alpha value is -2.88. The summed E-state index contributed by atoms with van der Waals surface area (Å²) in [5.74, 6) is 0.963. The third-order valence-corrected chi connectivity index (χ3v) is 4.07. The zero-order valence-electron chi connectivity index (χ0n) is 14.5. The number of H-pyrrole nitrogens is 1. The molecule has 1 amide bonds. The van der Waals surface area contributed by atoms with Crippen LogP contribution < -0.4 is 5.32 Å². The number of hydrogen-bond acceptors (Lipinski definition) is 2. The number of aromatic amines is 1. The maximum absolute atomic E-state index is 11.5. The average molecular weight is 333 g/mol. The van der Waals surface area contributed by atoms with E-state index in [2.05, 4.69) is 45.6 Å². The Labute approximate surface area is 148 Å². The molecule has 0 bridgehead atoms. The monoisotopic (exact) mass is 333 g/mol. The molecule has 0 unspecified atom stereocenters. The van der Waals surface area contributed by atoms with E-state index in [-0.39, 0.29) is 5.91 Å².